The molecule has 2 unspecified atom stereocenters. The Bertz CT molecular complexity index is 1660. The van der Waals surface area contributed by atoms with E-state index in [4.69, 9.17) is 14.2 Å². The average Bonchev–Trinajstić information content (AvgIpc) is 3.46. The first kappa shape index (κ1) is 22.2. The number of rotatable bonds is 4. The van der Waals surface area contributed by atoms with Crippen molar-refractivity contribution in [3.8, 4) is 16.9 Å². The van der Waals surface area contributed by atoms with Crippen LogP contribution in [0.1, 0.15) is 35.8 Å². The van der Waals surface area contributed by atoms with Gasteiger partial charge in [-0.05, 0) is 35.6 Å². The standard InChI is InChI=1S/C30H25NO5/c1-16-13-25(36-30(16)33)35-15-23-17(2)26-22-14-19(10-12-24(22)31(3)27(26)28(23)32)21-11-9-18-7-5-6-8-20(18)29(21)34-4/h5-15,17,25H,1-4H3/b23-15+. The number of aromatic nitrogens is 1. The number of ketones is 1. The number of benzene rings is 3. The van der Waals surface area contributed by atoms with Crippen LogP contribution < -0.4 is 4.74 Å². The number of cyclic esters (lactones) is 1. The maximum Gasteiger partial charge on any atom is 0.336 e. The number of aryl methyl sites for hydroxylation is 1. The summed E-state index contributed by atoms with van der Waals surface area (Å²) in [6.45, 7) is 3.68. The van der Waals surface area contributed by atoms with Crippen molar-refractivity contribution in [2.75, 3.05) is 7.11 Å². The quantitative estimate of drug-likeness (QED) is 0.203. The number of fused-ring (bicyclic) bond motifs is 4. The highest BCUT2D eigenvalue weighted by molar-refractivity contribution is 6.17. The zero-order valence-electron chi connectivity index (χ0n) is 20.5. The fourth-order valence-electron chi connectivity index (χ4n) is 5.40. The van der Waals surface area contributed by atoms with E-state index in [9.17, 15) is 9.59 Å². The number of ether oxygens (including phenoxy) is 3. The van der Waals surface area contributed by atoms with Crippen LogP contribution in [0.3, 0.4) is 0 Å². The molecule has 3 aromatic carbocycles. The first-order chi connectivity index (χ1) is 17.4. The molecule has 0 saturated carbocycles. The molecule has 2 heterocycles. The first-order valence-electron chi connectivity index (χ1n) is 11.9. The number of methoxy groups -OCH3 is 1. The second kappa shape index (κ2) is 8.12. The van der Waals surface area contributed by atoms with Crippen molar-refractivity contribution in [1.82, 2.24) is 4.57 Å². The minimum absolute atomic E-state index is 0.0777. The lowest BCUT2D eigenvalue weighted by atomic mass is 9.95. The molecule has 0 radical (unpaired) electrons. The largest absolute Gasteiger partial charge is 0.495 e. The summed E-state index contributed by atoms with van der Waals surface area (Å²) in [5, 5.41) is 3.19. The molecule has 4 aromatic rings. The van der Waals surface area contributed by atoms with E-state index in [-0.39, 0.29) is 11.7 Å². The van der Waals surface area contributed by atoms with Gasteiger partial charge < -0.3 is 18.8 Å². The predicted octanol–water partition coefficient (Wildman–Crippen LogP) is 6.04. The summed E-state index contributed by atoms with van der Waals surface area (Å²) in [5.41, 5.74) is 5.68. The summed E-state index contributed by atoms with van der Waals surface area (Å²) in [6, 6.07) is 18.6. The Morgan fingerprint density at radius 2 is 1.83 bits per heavy atom. The lowest BCUT2D eigenvalue weighted by Crippen LogP contribution is -2.11. The van der Waals surface area contributed by atoms with Crippen molar-refractivity contribution < 1.29 is 23.8 Å². The lowest BCUT2D eigenvalue weighted by molar-refractivity contribution is -0.152. The van der Waals surface area contributed by atoms with Crippen LogP contribution in [0.4, 0.5) is 0 Å². The molecule has 1 aliphatic heterocycles. The number of hydrogen-bond acceptors (Lipinski definition) is 5. The van der Waals surface area contributed by atoms with Crippen molar-refractivity contribution in [1.29, 1.82) is 0 Å². The minimum Gasteiger partial charge on any atom is -0.495 e. The Morgan fingerprint density at radius 1 is 1.03 bits per heavy atom. The first-order valence-corrected chi connectivity index (χ1v) is 11.9. The summed E-state index contributed by atoms with van der Waals surface area (Å²) in [6.07, 6.45) is 2.24. The molecule has 6 heteroatoms. The second-order valence-electron chi connectivity index (χ2n) is 9.30. The monoisotopic (exact) mass is 479 g/mol. The molecule has 6 rings (SSSR count). The third-order valence-electron chi connectivity index (χ3n) is 7.27. The summed E-state index contributed by atoms with van der Waals surface area (Å²) < 4.78 is 18.6. The number of hydrogen-bond donors (Lipinski definition) is 0. The smallest absolute Gasteiger partial charge is 0.336 e. The van der Waals surface area contributed by atoms with E-state index in [2.05, 4.69) is 42.5 Å². The fraction of sp³-hybridized carbons (Fsp3) is 0.200. The predicted molar refractivity (Wildman–Crippen MR) is 138 cm³/mol. The molecule has 2 aliphatic rings. The maximum absolute atomic E-state index is 13.4. The van der Waals surface area contributed by atoms with Crippen molar-refractivity contribution in [3.63, 3.8) is 0 Å². The molecule has 0 N–H and O–H groups in total. The van der Waals surface area contributed by atoms with E-state index >= 15 is 0 Å². The van der Waals surface area contributed by atoms with Crippen LogP contribution in [0, 0.1) is 0 Å². The SMILES string of the molecule is COc1c(-c2ccc3c(c2)c2c(n3C)C(=O)/C(=C/OC3C=C(C)C(=O)O3)C2C)ccc2ccccc12. The van der Waals surface area contributed by atoms with Gasteiger partial charge in [0.1, 0.15) is 5.75 Å². The van der Waals surface area contributed by atoms with E-state index in [0.717, 1.165) is 44.1 Å². The molecule has 6 nitrogen and oxygen atoms in total. The molecular formula is C30H25NO5. The Balaban J connectivity index is 1.44. The van der Waals surface area contributed by atoms with Crippen LogP contribution in [-0.2, 0) is 21.3 Å². The Kier molecular flexibility index (Phi) is 5.00. The van der Waals surface area contributed by atoms with Crippen molar-refractivity contribution >= 4 is 33.4 Å². The molecular weight excluding hydrogens is 454 g/mol. The molecule has 1 aliphatic carbocycles. The molecule has 36 heavy (non-hydrogen) atoms. The van der Waals surface area contributed by atoms with Gasteiger partial charge in [0, 0.05) is 52.0 Å². The topological polar surface area (TPSA) is 66.8 Å². The summed E-state index contributed by atoms with van der Waals surface area (Å²) in [5.74, 6) is 0.168. The second-order valence-corrected chi connectivity index (χ2v) is 9.30. The Labute approximate surface area is 208 Å². The van der Waals surface area contributed by atoms with Crippen LogP contribution >= 0.6 is 0 Å². The molecule has 2 atom stereocenters. The number of allylic oxidation sites excluding steroid dienone is 1. The highest BCUT2D eigenvalue weighted by atomic mass is 16.7. The molecule has 0 amide bonds. The van der Waals surface area contributed by atoms with E-state index in [1.807, 2.05) is 30.7 Å². The third-order valence-corrected chi connectivity index (χ3v) is 7.27. The molecule has 0 saturated heterocycles. The van der Waals surface area contributed by atoms with Crippen molar-refractivity contribution in [2.24, 2.45) is 7.05 Å². The highest BCUT2D eigenvalue weighted by Gasteiger charge is 2.38. The maximum atomic E-state index is 13.4. The molecule has 0 bridgehead atoms. The average molecular weight is 480 g/mol. The van der Waals surface area contributed by atoms with Gasteiger partial charge in [-0.2, -0.15) is 0 Å². The van der Waals surface area contributed by atoms with Gasteiger partial charge in [0.05, 0.1) is 19.1 Å². The summed E-state index contributed by atoms with van der Waals surface area (Å²) in [7, 11) is 3.61. The van der Waals surface area contributed by atoms with E-state index in [1.165, 1.54) is 6.26 Å². The number of carbonyl (C=O) groups excluding carboxylic acids is 2. The summed E-state index contributed by atoms with van der Waals surface area (Å²) >= 11 is 0. The molecule has 0 fully saturated rings. The van der Waals surface area contributed by atoms with Gasteiger partial charge in [-0.1, -0.05) is 49.4 Å². The van der Waals surface area contributed by atoms with Crippen LogP contribution in [0.5, 0.6) is 5.75 Å². The van der Waals surface area contributed by atoms with Gasteiger partial charge in [0.2, 0.25) is 5.78 Å². The Morgan fingerprint density at radius 3 is 2.58 bits per heavy atom. The van der Waals surface area contributed by atoms with Gasteiger partial charge in [0.15, 0.2) is 0 Å². The molecule has 180 valence electrons. The minimum atomic E-state index is -0.808. The van der Waals surface area contributed by atoms with Crippen molar-refractivity contribution in [3.05, 3.63) is 89.3 Å². The van der Waals surface area contributed by atoms with Crippen LogP contribution in [-0.4, -0.2) is 29.7 Å². The zero-order valence-corrected chi connectivity index (χ0v) is 20.5. The van der Waals surface area contributed by atoms with Gasteiger partial charge in [0.25, 0.3) is 6.29 Å². The van der Waals surface area contributed by atoms with Gasteiger partial charge in [-0.15, -0.1) is 0 Å². The normalized spacial score (nSPS) is 20.2. The van der Waals surface area contributed by atoms with E-state index < -0.39 is 12.3 Å². The van der Waals surface area contributed by atoms with Gasteiger partial charge in [-0.3, -0.25) is 4.79 Å². The number of esters is 1. The fourth-order valence-corrected chi connectivity index (χ4v) is 5.40. The van der Waals surface area contributed by atoms with Gasteiger partial charge in [-0.25, -0.2) is 4.79 Å². The summed E-state index contributed by atoms with van der Waals surface area (Å²) in [4.78, 5) is 25.1. The van der Waals surface area contributed by atoms with Crippen LogP contribution in [0.15, 0.2) is 78.1 Å². The number of carbonyl (C=O) groups is 2. The highest BCUT2D eigenvalue weighted by Crippen LogP contribution is 2.45. The van der Waals surface area contributed by atoms with Crippen LogP contribution in [0.2, 0.25) is 0 Å². The number of Topliss-reactive ketones (excluding diaryl/α,β-unsaturated/α-hetero) is 1. The van der Waals surface area contributed by atoms with Crippen molar-refractivity contribution in [2.45, 2.75) is 26.1 Å². The van der Waals surface area contributed by atoms with E-state index in [1.54, 1.807) is 20.1 Å². The van der Waals surface area contributed by atoms with Gasteiger partial charge >= 0.3 is 5.97 Å². The van der Waals surface area contributed by atoms with E-state index in [0.29, 0.717) is 16.8 Å². The van der Waals surface area contributed by atoms with Crippen LogP contribution in [0.25, 0.3) is 32.8 Å². The lowest BCUT2D eigenvalue weighted by Gasteiger charge is -2.14. The third kappa shape index (κ3) is 3.18. The zero-order chi connectivity index (χ0) is 25.1. The Hall–Kier alpha value is -4.32. The number of nitrogens with zero attached hydrogens (tertiary/aromatic N) is 1. The molecule has 1 aromatic heterocycles. The molecule has 0 spiro atoms.